The molecule has 2 heterocycles. The minimum absolute atomic E-state index is 0.238. The molecule has 0 bridgehead atoms. The van der Waals surface area contributed by atoms with Gasteiger partial charge < -0.3 is 11.1 Å². The molecule has 2 aromatic carbocycles. The Labute approximate surface area is 152 Å². The molecule has 4 aromatic rings. The zero-order chi connectivity index (χ0) is 18.1. The number of hydrogen-bond acceptors (Lipinski definition) is 5. The fourth-order valence-corrected chi connectivity index (χ4v) is 3.59. The number of nitrogens with two attached hydrogens (primary N) is 1. The number of nitrogens with zero attached hydrogens (tertiary/aromatic N) is 1. The Bertz CT molecular complexity index is 1180. The molecule has 0 atom stereocenters. The molecule has 4 N–H and O–H groups in total. The summed E-state index contributed by atoms with van der Waals surface area (Å²) < 4.78 is 0. The van der Waals surface area contributed by atoms with Crippen LogP contribution < -0.4 is 16.6 Å². The van der Waals surface area contributed by atoms with Gasteiger partial charge in [0.15, 0.2) is 0 Å². The highest BCUT2D eigenvalue weighted by molar-refractivity contribution is 7.17. The van der Waals surface area contributed by atoms with Crippen molar-refractivity contribution in [1.29, 1.82) is 0 Å². The lowest BCUT2D eigenvalue weighted by molar-refractivity contribution is 0.103. The molecule has 0 aliphatic carbocycles. The standard InChI is InChI=1S/C19H14N4O2S/c20-13-7-3-4-8-14(13)21-19(25)16-10-9-15(26-16)17-11-5-1-2-6-12(11)18(24)23-22-17/h1-10H,20H2,(H,21,25)(H,23,24). The summed E-state index contributed by atoms with van der Waals surface area (Å²) in [4.78, 5) is 25.7. The van der Waals surface area contributed by atoms with Crippen molar-refractivity contribution in [3.63, 3.8) is 0 Å². The van der Waals surface area contributed by atoms with Crippen LogP contribution in [0.25, 0.3) is 21.3 Å². The predicted molar refractivity (Wildman–Crippen MR) is 104 cm³/mol. The molecule has 4 rings (SSSR count). The van der Waals surface area contributed by atoms with E-state index in [0.717, 1.165) is 10.3 Å². The fraction of sp³-hybridized carbons (Fsp3) is 0. The number of aromatic nitrogens is 2. The van der Waals surface area contributed by atoms with Crippen LogP contribution in [0.3, 0.4) is 0 Å². The first-order valence-corrected chi connectivity index (χ1v) is 8.68. The van der Waals surface area contributed by atoms with Crippen LogP contribution in [0.5, 0.6) is 0 Å². The lowest BCUT2D eigenvalue weighted by atomic mass is 10.1. The molecule has 6 nitrogen and oxygen atoms in total. The fourth-order valence-electron chi connectivity index (χ4n) is 2.68. The second kappa shape index (κ2) is 6.45. The maximum Gasteiger partial charge on any atom is 0.272 e. The van der Waals surface area contributed by atoms with Crippen LogP contribution >= 0.6 is 11.3 Å². The van der Waals surface area contributed by atoms with Crippen molar-refractivity contribution in [3.05, 3.63) is 75.9 Å². The van der Waals surface area contributed by atoms with Gasteiger partial charge in [-0.15, -0.1) is 11.3 Å². The predicted octanol–water partition coefficient (Wildman–Crippen LogP) is 3.49. The van der Waals surface area contributed by atoms with Crippen molar-refractivity contribution in [3.8, 4) is 10.6 Å². The monoisotopic (exact) mass is 362 g/mol. The summed E-state index contributed by atoms with van der Waals surface area (Å²) in [5, 5.41) is 10.8. The normalized spacial score (nSPS) is 10.8. The van der Waals surface area contributed by atoms with E-state index in [-0.39, 0.29) is 11.5 Å². The van der Waals surface area contributed by atoms with Crippen molar-refractivity contribution in [1.82, 2.24) is 10.2 Å². The van der Waals surface area contributed by atoms with Crippen LogP contribution in [0.15, 0.2) is 65.5 Å². The summed E-state index contributed by atoms with van der Waals surface area (Å²) in [6, 6.07) is 17.9. The summed E-state index contributed by atoms with van der Waals surface area (Å²) >= 11 is 1.30. The molecule has 2 aromatic heterocycles. The number of amides is 1. The van der Waals surface area contributed by atoms with E-state index in [9.17, 15) is 9.59 Å². The lowest BCUT2D eigenvalue weighted by Crippen LogP contribution is -2.11. The molecule has 0 saturated heterocycles. The summed E-state index contributed by atoms with van der Waals surface area (Å²) in [5.41, 5.74) is 7.34. The van der Waals surface area contributed by atoms with Gasteiger partial charge in [-0.3, -0.25) is 9.59 Å². The number of aromatic amines is 1. The van der Waals surface area contributed by atoms with Crippen molar-refractivity contribution in [2.24, 2.45) is 0 Å². The molecular weight excluding hydrogens is 348 g/mol. The second-order valence-corrected chi connectivity index (χ2v) is 6.74. The number of anilines is 2. The molecular formula is C19H14N4O2S. The number of fused-ring (bicyclic) bond motifs is 1. The summed E-state index contributed by atoms with van der Waals surface area (Å²) in [6.45, 7) is 0. The third kappa shape index (κ3) is 2.84. The number of H-pyrrole nitrogens is 1. The maximum absolute atomic E-state index is 12.5. The molecule has 0 aliphatic rings. The van der Waals surface area contributed by atoms with Gasteiger partial charge in [0, 0.05) is 5.39 Å². The minimum atomic E-state index is -0.243. The van der Waals surface area contributed by atoms with Crippen molar-refractivity contribution < 1.29 is 4.79 Å². The molecule has 26 heavy (non-hydrogen) atoms. The number of carbonyl (C=O) groups excluding carboxylic acids is 1. The highest BCUT2D eigenvalue weighted by Gasteiger charge is 2.15. The number of nitrogen functional groups attached to an aromatic ring is 1. The van der Waals surface area contributed by atoms with Crippen molar-refractivity contribution >= 4 is 39.4 Å². The Morgan fingerprint density at radius 3 is 2.54 bits per heavy atom. The zero-order valence-corrected chi connectivity index (χ0v) is 14.3. The zero-order valence-electron chi connectivity index (χ0n) is 13.5. The smallest absolute Gasteiger partial charge is 0.272 e. The molecule has 0 aliphatic heterocycles. The SMILES string of the molecule is Nc1ccccc1NC(=O)c1ccc(-c2n[nH]c(=O)c3ccccc23)s1. The van der Waals surface area contributed by atoms with Crippen LogP contribution in [0.2, 0.25) is 0 Å². The third-order valence-corrected chi connectivity index (χ3v) is 5.06. The Hall–Kier alpha value is -3.45. The van der Waals surface area contributed by atoms with Gasteiger partial charge in [0.25, 0.3) is 11.5 Å². The first-order valence-electron chi connectivity index (χ1n) is 7.87. The first kappa shape index (κ1) is 16.0. The van der Waals surface area contributed by atoms with Gasteiger partial charge in [0.1, 0.15) is 5.69 Å². The van der Waals surface area contributed by atoms with Crippen LogP contribution in [0, 0.1) is 0 Å². The maximum atomic E-state index is 12.5. The molecule has 0 fully saturated rings. The van der Waals surface area contributed by atoms with E-state index < -0.39 is 0 Å². The Balaban J connectivity index is 1.69. The summed E-state index contributed by atoms with van der Waals surface area (Å²) in [6.07, 6.45) is 0. The molecule has 0 saturated carbocycles. The van der Waals surface area contributed by atoms with Crippen LogP contribution in [-0.4, -0.2) is 16.1 Å². The average Bonchev–Trinajstić information content (AvgIpc) is 3.14. The minimum Gasteiger partial charge on any atom is -0.397 e. The van der Waals surface area contributed by atoms with Crippen molar-refractivity contribution in [2.75, 3.05) is 11.1 Å². The van der Waals surface area contributed by atoms with E-state index in [0.29, 0.717) is 27.3 Å². The summed E-state index contributed by atoms with van der Waals surface area (Å²) in [7, 11) is 0. The largest absolute Gasteiger partial charge is 0.397 e. The van der Waals surface area contributed by atoms with E-state index >= 15 is 0 Å². The molecule has 7 heteroatoms. The van der Waals surface area contributed by atoms with E-state index in [4.69, 9.17) is 5.73 Å². The number of nitrogens with one attached hydrogen (secondary N) is 2. The van der Waals surface area contributed by atoms with Crippen LogP contribution in [0.4, 0.5) is 11.4 Å². The van der Waals surface area contributed by atoms with Gasteiger partial charge in [0.2, 0.25) is 0 Å². The lowest BCUT2D eigenvalue weighted by Gasteiger charge is -2.06. The van der Waals surface area contributed by atoms with Gasteiger partial charge in [0.05, 0.1) is 26.5 Å². The van der Waals surface area contributed by atoms with Crippen molar-refractivity contribution in [2.45, 2.75) is 0 Å². The molecule has 0 unspecified atom stereocenters. The van der Waals surface area contributed by atoms with Gasteiger partial charge >= 0.3 is 0 Å². The number of benzene rings is 2. The van der Waals surface area contributed by atoms with E-state index in [1.807, 2.05) is 24.3 Å². The van der Waals surface area contributed by atoms with Gasteiger partial charge in [-0.1, -0.05) is 30.3 Å². The molecule has 128 valence electrons. The summed E-state index contributed by atoms with van der Waals surface area (Å²) in [5.74, 6) is -0.243. The Morgan fingerprint density at radius 1 is 1.00 bits per heavy atom. The van der Waals surface area contributed by atoms with Crippen LogP contribution in [0.1, 0.15) is 9.67 Å². The number of hydrogen-bond donors (Lipinski definition) is 3. The Kier molecular flexibility index (Phi) is 3.98. The number of thiophene rings is 1. The van der Waals surface area contributed by atoms with Gasteiger partial charge in [-0.25, -0.2) is 5.10 Å². The highest BCUT2D eigenvalue weighted by Crippen LogP contribution is 2.31. The van der Waals surface area contributed by atoms with E-state index in [2.05, 4.69) is 15.5 Å². The van der Waals surface area contributed by atoms with E-state index in [1.165, 1.54) is 11.3 Å². The molecule has 0 radical (unpaired) electrons. The van der Waals surface area contributed by atoms with Gasteiger partial charge in [-0.2, -0.15) is 5.10 Å². The average molecular weight is 362 g/mol. The van der Waals surface area contributed by atoms with Gasteiger partial charge in [-0.05, 0) is 30.3 Å². The second-order valence-electron chi connectivity index (χ2n) is 5.65. The van der Waals surface area contributed by atoms with E-state index in [1.54, 1.807) is 36.4 Å². The first-order chi connectivity index (χ1) is 12.6. The number of carbonyl (C=O) groups is 1. The number of para-hydroxylation sites is 2. The molecule has 0 spiro atoms. The topological polar surface area (TPSA) is 101 Å². The Morgan fingerprint density at radius 2 is 1.73 bits per heavy atom. The number of rotatable bonds is 3. The third-order valence-electron chi connectivity index (χ3n) is 3.97. The molecule has 1 amide bonds. The quantitative estimate of drug-likeness (QED) is 0.486. The highest BCUT2D eigenvalue weighted by atomic mass is 32.1. The van der Waals surface area contributed by atoms with Crippen LogP contribution in [-0.2, 0) is 0 Å².